The van der Waals surface area contributed by atoms with Crippen LogP contribution in [0.5, 0.6) is 0 Å². The monoisotopic (exact) mass is 322 g/mol. The molecule has 19 heavy (non-hydrogen) atoms. The minimum atomic E-state index is -0.315. The lowest BCUT2D eigenvalue weighted by Crippen LogP contribution is -2.32. The Bertz CT molecular complexity index is 583. The summed E-state index contributed by atoms with van der Waals surface area (Å²) in [6.07, 6.45) is 3.03. The van der Waals surface area contributed by atoms with Crippen molar-refractivity contribution < 1.29 is 9.59 Å². The summed E-state index contributed by atoms with van der Waals surface area (Å²) in [5, 5.41) is 11.4. The Morgan fingerprint density at radius 1 is 1.37 bits per heavy atom. The molecule has 1 aromatic heterocycles. The van der Waals surface area contributed by atoms with Gasteiger partial charge in [-0.2, -0.15) is 5.10 Å². The van der Waals surface area contributed by atoms with E-state index in [0.29, 0.717) is 11.3 Å². The summed E-state index contributed by atoms with van der Waals surface area (Å²) in [5.41, 5.74) is 1.05. The first-order valence-corrected chi connectivity index (χ1v) is 6.27. The minimum Gasteiger partial charge on any atom is -0.343 e. The molecule has 0 bridgehead atoms. The number of carbonyl (C=O) groups is 2. The molecule has 6 nitrogen and oxygen atoms in total. The van der Waals surface area contributed by atoms with Gasteiger partial charge in [-0.1, -0.05) is 22.0 Å². The van der Waals surface area contributed by atoms with Gasteiger partial charge in [0.25, 0.3) is 5.91 Å². The number of aromatic amines is 1. The fourth-order valence-electron chi connectivity index (χ4n) is 1.42. The van der Waals surface area contributed by atoms with Gasteiger partial charge in [-0.15, -0.1) is 0 Å². The van der Waals surface area contributed by atoms with Crippen LogP contribution in [0.2, 0.25) is 0 Å². The molecule has 0 fully saturated rings. The molecule has 1 aromatic carbocycles. The van der Waals surface area contributed by atoms with E-state index in [1.165, 1.54) is 6.20 Å². The van der Waals surface area contributed by atoms with Crippen molar-refractivity contribution in [2.75, 3.05) is 11.9 Å². The Kier molecular flexibility index (Phi) is 4.30. The Morgan fingerprint density at radius 2 is 2.21 bits per heavy atom. The maximum absolute atomic E-state index is 11.8. The lowest BCUT2D eigenvalue weighted by Gasteiger charge is -2.05. The standard InChI is InChI=1S/C12H11BrN4O2/c13-9-3-1-2-8(4-9)12(19)14-7-11(18)17-10-5-15-16-6-10/h1-6H,7H2,(H,14,19)(H,15,16)(H,17,18). The average Bonchev–Trinajstić information content (AvgIpc) is 2.88. The first kappa shape index (κ1) is 13.3. The Morgan fingerprint density at radius 3 is 2.89 bits per heavy atom. The summed E-state index contributed by atoms with van der Waals surface area (Å²) in [5.74, 6) is -0.617. The second kappa shape index (κ2) is 6.14. The summed E-state index contributed by atoms with van der Waals surface area (Å²) in [6, 6.07) is 6.93. The van der Waals surface area contributed by atoms with Crippen molar-refractivity contribution in [3.8, 4) is 0 Å². The molecule has 0 saturated heterocycles. The SMILES string of the molecule is O=C(CNC(=O)c1cccc(Br)c1)Nc1cn[nH]c1. The smallest absolute Gasteiger partial charge is 0.251 e. The van der Waals surface area contributed by atoms with E-state index in [-0.39, 0.29) is 18.4 Å². The minimum absolute atomic E-state index is 0.101. The molecule has 0 radical (unpaired) electrons. The fraction of sp³-hybridized carbons (Fsp3) is 0.0833. The van der Waals surface area contributed by atoms with Crippen molar-refractivity contribution in [1.29, 1.82) is 0 Å². The van der Waals surface area contributed by atoms with Crippen LogP contribution in [0, 0.1) is 0 Å². The second-order valence-corrected chi connectivity index (χ2v) is 4.64. The molecule has 2 rings (SSSR count). The van der Waals surface area contributed by atoms with Gasteiger partial charge in [-0.05, 0) is 18.2 Å². The summed E-state index contributed by atoms with van der Waals surface area (Å²) in [6.45, 7) is -0.101. The molecule has 2 aromatic rings. The number of halogens is 1. The third kappa shape index (κ3) is 3.92. The van der Waals surface area contributed by atoms with E-state index >= 15 is 0 Å². The van der Waals surface area contributed by atoms with Crippen LogP contribution in [0.3, 0.4) is 0 Å². The third-order valence-electron chi connectivity index (χ3n) is 2.28. The zero-order valence-corrected chi connectivity index (χ0v) is 11.4. The quantitative estimate of drug-likeness (QED) is 0.798. The number of H-pyrrole nitrogens is 1. The summed E-state index contributed by atoms with van der Waals surface area (Å²) in [4.78, 5) is 23.3. The van der Waals surface area contributed by atoms with Crippen molar-refractivity contribution in [2.24, 2.45) is 0 Å². The highest BCUT2D eigenvalue weighted by atomic mass is 79.9. The largest absolute Gasteiger partial charge is 0.343 e. The maximum atomic E-state index is 11.8. The number of rotatable bonds is 4. The average molecular weight is 323 g/mol. The molecule has 0 aliphatic carbocycles. The van der Waals surface area contributed by atoms with E-state index in [0.717, 1.165) is 4.47 Å². The topological polar surface area (TPSA) is 86.9 Å². The summed E-state index contributed by atoms with van der Waals surface area (Å²) >= 11 is 3.28. The van der Waals surface area contributed by atoms with Crippen LogP contribution in [0.4, 0.5) is 5.69 Å². The summed E-state index contributed by atoms with van der Waals surface area (Å²) < 4.78 is 0.808. The number of aromatic nitrogens is 2. The van der Waals surface area contributed by atoms with Crippen LogP contribution in [0.25, 0.3) is 0 Å². The Balaban J connectivity index is 1.85. The van der Waals surface area contributed by atoms with E-state index in [4.69, 9.17) is 0 Å². The van der Waals surface area contributed by atoms with Crippen LogP contribution >= 0.6 is 15.9 Å². The van der Waals surface area contributed by atoms with Crippen LogP contribution in [-0.2, 0) is 4.79 Å². The lowest BCUT2D eigenvalue weighted by atomic mass is 10.2. The predicted molar refractivity (Wildman–Crippen MR) is 73.7 cm³/mol. The van der Waals surface area contributed by atoms with Gasteiger partial charge in [0.1, 0.15) is 0 Å². The van der Waals surface area contributed by atoms with Gasteiger partial charge in [0, 0.05) is 16.2 Å². The molecule has 1 heterocycles. The van der Waals surface area contributed by atoms with Crippen molar-refractivity contribution in [3.05, 3.63) is 46.7 Å². The van der Waals surface area contributed by atoms with Gasteiger partial charge in [-0.3, -0.25) is 14.7 Å². The molecular weight excluding hydrogens is 312 g/mol. The van der Waals surface area contributed by atoms with E-state index in [1.807, 2.05) is 6.07 Å². The molecule has 2 amide bonds. The predicted octanol–water partition coefficient (Wildman–Crippen LogP) is 1.54. The molecular formula is C12H11BrN4O2. The Labute approximate surface area is 117 Å². The maximum Gasteiger partial charge on any atom is 0.251 e. The summed E-state index contributed by atoms with van der Waals surface area (Å²) in [7, 11) is 0. The van der Waals surface area contributed by atoms with Gasteiger partial charge in [0.2, 0.25) is 5.91 Å². The first-order chi connectivity index (χ1) is 9.15. The van der Waals surface area contributed by atoms with E-state index in [1.54, 1.807) is 24.4 Å². The Hall–Kier alpha value is -2.15. The zero-order chi connectivity index (χ0) is 13.7. The lowest BCUT2D eigenvalue weighted by molar-refractivity contribution is -0.115. The molecule has 0 aliphatic heterocycles. The number of hydrogen-bond donors (Lipinski definition) is 3. The van der Waals surface area contributed by atoms with Crippen LogP contribution in [0.15, 0.2) is 41.1 Å². The second-order valence-electron chi connectivity index (χ2n) is 3.73. The molecule has 0 saturated carbocycles. The molecule has 98 valence electrons. The van der Waals surface area contributed by atoms with Gasteiger partial charge >= 0.3 is 0 Å². The number of benzene rings is 1. The van der Waals surface area contributed by atoms with Crippen LogP contribution in [0.1, 0.15) is 10.4 Å². The van der Waals surface area contributed by atoms with Gasteiger partial charge in [0.05, 0.1) is 18.4 Å². The number of nitrogens with zero attached hydrogens (tertiary/aromatic N) is 1. The molecule has 0 aliphatic rings. The van der Waals surface area contributed by atoms with E-state index in [2.05, 4.69) is 36.8 Å². The van der Waals surface area contributed by atoms with Crippen molar-refractivity contribution >= 4 is 33.4 Å². The highest BCUT2D eigenvalue weighted by Gasteiger charge is 2.08. The van der Waals surface area contributed by atoms with Crippen molar-refractivity contribution in [3.63, 3.8) is 0 Å². The van der Waals surface area contributed by atoms with Crippen molar-refractivity contribution in [1.82, 2.24) is 15.5 Å². The number of nitrogens with one attached hydrogen (secondary N) is 3. The fourth-order valence-corrected chi connectivity index (χ4v) is 1.82. The molecule has 0 atom stereocenters. The third-order valence-corrected chi connectivity index (χ3v) is 2.77. The van der Waals surface area contributed by atoms with Gasteiger partial charge in [-0.25, -0.2) is 0 Å². The zero-order valence-electron chi connectivity index (χ0n) is 9.81. The van der Waals surface area contributed by atoms with E-state index < -0.39 is 0 Å². The molecule has 7 heteroatoms. The number of hydrogen-bond acceptors (Lipinski definition) is 3. The number of amides is 2. The van der Waals surface area contributed by atoms with Gasteiger partial charge in [0.15, 0.2) is 0 Å². The van der Waals surface area contributed by atoms with E-state index in [9.17, 15) is 9.59 Å². The van der Waals surface area contributed by atoms with Gasteiger partial charge < -0.3 is 10.6 Å². The van der Waals surface area contributed by atoms with Crippen LogP contribution in [-0.4, -0.2) is 28.6 Å². The number of carbonyl (C=O) groups excluding carboxylic acids is 2. The van der Waals surface area contributed by atoms with Crippen LogP contribution < -0.4 is 10.6 Å². The molecule has 3 N–H and O–H groups in total. The normalized spacial score (nSPS) is 9.95. The number of anilines is 1. The highest BCUT2D eigenvalue weighted by molar-refractivity contribution is 9.10. The highest BCUT2D eigenvalue weighted by Crippen LogP contribution is 2.11. The molecule has 0 unspecified atom stereocenters. The first-order valence-electron chi connectivity index (χ1n) is 5.47. The molecule has 0 spiro atoms. The van der Waals surface area contributed by atoms with Crippen molar-refractivity contribution in [2.45, 2.75) is 0 Å².